The largest absolute Gasteiger partial charge is 0.304 e. The molecule has 1 aromatic heterocycles. The van der Waals surface area contributed by atoms with E-state index in [1.807, 2.05) is 0 Å². The van der Waals surface area contributed by atoms with Gasteiger partial charge in [0.05, 0.1) is 0 Å². The van der Waals surface area contributed by atoms with Gasteiger partial charge < -0.3 is 4.98 Å². The molecule has 1 heterocycles. The van der Waals surface area contributed by atoms with Gasteiger partial charge in [-0.05, 0) is 54.3 Å². The van der Waals surface area contributed by atoms with Crippen molar-refractivity contribution in [2.24, 2.45) is 0 Å². The monoisotopic (exact) mass is 467 g/mol. The van der Waals surface area contributed by atoms with Crippen LogP contribution in [0.4, 0.5) is 0 Å². The number of aromatic nitrogens is 1. The van der Waals surface area contributed by atoms with E-state index in [1.54, 1.807) is 5.56 Å². The number of hydrogen-bond acceptors (Lipinski definition) is 1. The Kier molecular flexibility index (Phi) is 3.70. The molecule has 2 atom stereocenters. The molecule has 0 amide bonds. The number of hydrogen-bond donors (Lipinski definition) is 0. The third kappa shape index (κ3) is 2.20. The second-order valence-electron chi connectivity index (χ2n) is 7.01. The number of fused-ring (bicyclic) bond motifs is 6. The summed E-state index contributed by atoms with van der Waals surface area (Å²) in [5.74, 6) is 1.61. The summed E-state index contributed by atoms with van der Waals surface area (Å²) in [4.78, 5) is 4.76. The van der Waals surface area contributed by atoms with Crippen molar-refractivity contribution in [3.63, 3.8) is 0 Å². The van der Waals surface area contributed by atoms with Gasteiger partial charge in [0.2, 0.25) is 0 Å². The zero-order chi connectivity index (χ0) is 13.8. The van der Waals surface area contributed by atoms with Crippen LogP contribution in [0.15, 0.2) is 24.4 Å². The summed E-state index contributed by atoms with van der Waals surface area (Å²) in [5, 5.41) is 0. The summed E-state index contributed by atoms with van der Waals surface area (Å²) in [5.41, 5.74) is 8.48. The topological polar surface area (TPSA) is 12.9 Å². The van der Waals surface area contributed by atoms with Crippen molar-refractivity contribution in [3.8, 4) is 11.3 Å². The van der Waals surface area contributed by atoms with Gasteiger partial charge in [0.25, 0.3) is 0 Å². The van der Waals surface area contributed by atoms with E-state index in [2.05, 4.69) is 30.5 Å². The maximum absolute atomic E-state index is 4.76. The van der Waals surface area contributed by atoms with Gasteiger partial charge in [-0.25, -0.2) is 0 Å². The van der Waals surface area contributed by atoms with E-state index in [1.165, 1.54) is 67.2 Å². The van der Waals surface area contributed by atoms with Crippen LogP contribution in [0.3, 0.4) is 0 Å². The second-order valence-corrected chi connectivity index (χ2v) is 7.01. The van der Waals surface area contributed by atoms with Crippen LogP contribution in [-0.4, -0.2) is 4.98 Å². The van der Waals surface area contributed by atoms with Crippen LogP contribution in [0.25, 0.3) is 11.3 Å². The molecule has 2 unspecified atom stereocenters. The van der Waals surface area contributed by atoms with Gasteiger partial charge in [-0.3, -0.25) is 0 Å². The van der Waals surface area contributed by atoms with Crippen LogP contribution in [0.1, 0.15) is 66.2 Å². The molecule has 1 saturated carbocycles. The molecule has 3 aliphatic carbocycles. The minimum atomic E-state index is 0. The van der Waals surface area contributed by atoms with Gasteiger partial charge in [0.1, 0.15) is 0 Å². The molecule has 0 N–H and O–H groups in total. The molecule has 115 valence electrons. The average molecular weight is 467 g/mol. The van der Waals surface area contributed by atoms with Crippen LogP contribution in [0, 0.1) is 6.07 Å². The fourth-order valence-corrected chi connectivity index (χ4v) is 4.68. The quantitative estimate of drug-likeness (QED) is 0.551. The number of rotatable bonds is 1. The first-order valence-electron chi connectivity index (χ1n) is 8.42. The van der Waals surface area contributed by atoms with E-state index in [0.29, 0.717) is 0 Å². The van der Waals surface area contributed by atoms with Gasteiger partial charge in [-0.15, -0.1) is 34.9 Å². The van der Waals surface area contributed by atoms with E-state index < -0.39 is 0 Å². The summed E-state index contributed by atoms with van der Waals surface area (Å²) in [6.07, 6.45) is 11.4. The SMILES string of the molecule is [Ir].[c-]1cc2c(cc1-c1cc3c(cn1)C1CCC3C1)CCCC2. The fourth-order valence-electron chi connectivity index (χ4n) is 4.68. The van der Waals surface area contributed by atoms with E-state index in [-0.39, 0.29) is 20.1 Å². The minimum absolute atomic E-state index is 0. The van der Waals surface area contributed by atoms with Gasteiger partial charge >= 0.3 is 0 Å². The standard InChI is InChI=1S/C20H20N.Ir/c1-2-4-14-9-17(8-5-13(14)3-1)20-11-18-15-6-7-16(10-15)19(18)12-21-20;/h5,9,11-12,15-16H,1-4,6-7,10H2;/q-1;. The van der Waals surface area contributed by atoms with Gasteiger partial charge in [0, 0.05) is 26.3 Å². The summed E-state index contributed by atoms with van der Waals surface area (Å²) >= 11 is 0. The molecule has 1 fully saturated rings. The molecule has 5 rings (SSSR count). The van der Waals surface area contributed by atoms with Crippen LogP contribution in [0.5, 0.6) is 0 Å². The van der Waals surface area contributed by atoms with Crippen molar-refractivity contribution in [3.05, 3.63) is 52.7 Å². The Labute approximate surface area is 145 Å². The molecule has 2 aromatic rings. The third-order valence-corrected chi connectivity index (χ3v) is 5.83. The summed E-state index contributed by atoms with van der Waals surface area (Å²) in [6, 6.07) is 10.4. The molecule has 22 heavy (non-hydrogen) atoms. The molecule has 2 bridgehead atoms. The molecule has 1 radical (unpaired) electrons. The number of pyridine rings is 1. The van der Waals surface area contributed by atoms with E-state index in [0.717, 1.165) is 17.5 Å². The normalized spacial score (nSPS) is 24.5. The van der Waals surface area contributed by atoms with E-state index in [9.17, 15) is 0 Å². The zero-order valence-electron chi connectivity index (χ0n) is 12.7. The van der Waals surface area contributed by atoms with Crippen molar-refractivity contribution >= 4 is 0 Å². The Morgan fingerprint density at radius 3 is 2.59 bits per heavy atom. The molecule has 2 heteroatoms. The van der Waals surface area contributed by atoms with Crippen molar-refractivity contribution < 1.29 is 20.1 Å². The van der Waals surface area contributed by atoms with Gasteiger partial charge in [0.15, 0.2) is 0 Å². The van der Waals surface area contributed by atoms with Crippen LogP contribution < -0.4 is 0 Å². The molecular weight excluding hydrogens is 446 g/mol. The minimum Gasteiger partial charge on any atom is -0.304 e. The first kappa shape index (κ1) is 14.6. The molecular formula is C20H20IrN-. The smallest absolute Gasteiger partial charge is 0.0198 e. The number of benzene rings is 1. The Morgan fingerprint density at radius 1 is 0.955 bits per heavy atom. The predicted molar refractivity (Wildman–Crippen MR) is 84.5 cm³/mol. The predicted octanol–water partition coefficient (Wildman–Crippen LogP) is 4.79. The van der Waals surface area contributed by atoms with Crippen LogP contribution in [-0.2, 0) is 32.9 Å². The molecule has 1 nitrogen and oxygen atoms in total. The first-order chi connectivity index (χ1) is 10.4. The van der Waals surface area contributed by atoms with E-state index >= 15 is 0 Å². The van der Waals surface area contributed by atoms with Crippen molar-refractivity contribution in [1.29, 1.82) is 0 Å². The Bertz CT molecular complexity index is 722. The Morgan fingerprint density at radius 2 is 1.73 bits per heavy atom. The summed E-state index contributed by atoms with van der Waals surface area (Å²) in [7, 11) is 0. The molecule has 0 spiro atoms. The first-order valence-corrected chi connectivity index (χ1v) is 8.42. The van der Waals surface area contributed by atoms with Gasteiger partial charge in [-0.1, -0.05) is 25.3 Å². The number of nitrogens with zero attached hydrogens (tertiary/aromatic N) is 1. The van der Waals surface area contributed by atoms with Crippen molar-refractivity contribution in [1.82, 2.24) is 4.98 Å². The zero-order valence-corrected chi connectivity index (χ0v) is 15.1. The summed E-state index contributed by atoms with van der Waals surface area (Å²) in [6.45, 7) is 0. The Hall–Kier alpha value is -0.981. The van der Waals surface area contributed by atoms with Crippen molar-refractivity contribution in [2.45, 2.75) is 56.8 Å². The summed E-state index contributed by atoms with van der Waals surface area (Å²) < 4.78 is 0. The molecule has 3 aliphatic rings. The van der Waals surface area contributed by atoms with Gasteiger partial charge in [-0.2, -0.15) is 0 Å². The van der Waals surface area contributed by atoms with E-state index in [4.69, 9.17) is 4.98 Å². The Balaban J connectivity index is 0.00000125. The average Bonchev–Trinajstić information content (AvgIpc) is 3.16. The molecule has 1 aromatic carbocycles. The third-order valence-electron chi connectivity index (χ3n) is 5.83. The maximum Gasteiger partial charge on any atom is 0.0198 e. The van der Waals surface area contributed by atoms with Crippen molar-refractivity contribution in [2.75, 3.05) is 0 Å². The maximum atomic E-state index is 4.76. The molecule has 0 aliphatic heterocycles. The second kappa shape index (κ2) is 5.58. The fraction of sp³-hybridized carbons (Fsp3) is 0.450. The van der Waals surface area contributed by atoms with Crippen LogP contribution in [0.2, 0.25) is 0 Å². The van der Waals surface area contributed by atoms with Crippen LogP contribution >= 0.6 is 0 Å². The number of aryl methyl sites for hydroxylation is 2. The molecule has 0 saturated heterocycles.